The highest BCUT2D eigenvalue weighted by molar-refractivity contribution is 5.76. The Hall–Kier alpha value is -3.12. The van der Waals surface area contributed by atoms with E-state index in [2.05, 4.69) is 64.5 Å². The first kappa shape index (κ1) is 24.6. The summed E-state index contributed by atoms with van der Waals surface area (Å²) in [5, 5.41) is 0. The van der Waals surface area contributed by atoms with Crippen molar-refractivity contribution in [2.75, 3.05) is 32.8 Å². The second-order valence-corrected chi connectivity index (χ2v) is 10.5. The number of amides is 1. The molecule has 2 saturated heterocycles. The topological polar surface area (TPSA) is 50.6 Å². The Kier molecular flexibility index (Phi) is 8.34. The highest BCUT2D eigenvalue weighted by atomic mass is 16.5. The van der Waals surface area contributed by atoms with Gasteiger partial charge in [-0.1, -0.05) is 42.5 Å². The van der Waals surface area contributed by atoms with Crippen molar-refractivity contribution in [1.82, 2.24) is 19.4 Å². The minimum Gasteiger partial charge on any atom is -0.493 e. The lowest BCUT2D eigenvalue weighted by molar-refractivity contribution is -0.133. The van der Waals surface area contributed by atoms with Crippen LogP contribution < -0.4 is 4.74 Å². The molecule has 0 aliphatic carbocycles. The van der Waals surface area contributed by atoms with Gasteiger partial charge in [0.1, 0.15) is 12.3 Å². The van der Waals surface area contributed by atoms with E-state index in [0.29, 0.717) is 19.1 Å². The van der Waals surface area contributed by atoms with E-state index in [9.17, 15) is 4.79 Å². The summed E-state index contributed by atoms with van der Waals surface area (Å²) >= 11 is 0. The van der Waals surface area contributed by atoms with Gasteiger partial charge in [-0.15, -0.1) is 0 Å². The lowest BCUT2D eigenvalue weighted by Gasteiger charge is -2.33. The van der Waals surface area contributed by atoms with Gasteiger partial charge in [-0.2, -0.15) is 0 Å². The maximum absolute atomic E-state index is 12.7. The molecule has 2 aliphatic rings. The first-order valence-corrected chi connectivity index (χ1v) is 13.4. The van der Waals surface area contributed by atoms with E-state index in [0.717, 1.165) is 57.2 Å². The van der Waals surface area contributed by atoms with Crippen molar-refractivity contribution in [3.8, 4) is 5.75 Å². The zero-order chi connectivity index (χ0) is 24.6. The number of carbonyl (C=O) groups is 1. The van der Waals surface area contributed by atoms with Gasteiger partial charge in [0, 0.05) is 37.9 Å². The van der Waals surface area contributed by atoms with Crippen molar-refractivity contribution in [3.05, 3.63) is 84.4 Å². The highest BCUT2D eigenvalue weighted by Crippen LogP contribution is 2.24. The summed E-state index contributed by atoms with van der Waals surface area (Å²) < 4.78 is 8.05. The molecule has 1 amide bonds. The molecule has 0 saturated carbocycles. The van der Waals surface area contributed by atoms with E-state index < -0.39 is 0 Å². The summed E-state index contributed by atoms with van der Waals surface area (Å²) in [6.07, 6.45) is 11.1. The van der Waals surface area contributed by atoms with Crippen molar-refractivity contribution in [3.63, 3.8) is 0 Å². The second-order valence-electron chi connectivity index (χ2n) is 10.5. The molecule has 1 atom stereocenters. The maximum Gasteiger partial charge on any atom is 0.242 e. The molecule has 0 radical (unpaired) electrons. The van der Waals surface area contributed by atoms with Crippen LogP contribution in [-0.4, -0.2) is 58.0 Å². The monoisotopic (exact) mass is 486 g/mol. The summed E-state index contributed by atoms with van der Waals surface area (Å²) in [7, 11) is 0. The molecule has 5 rings (SSSR count). The first-order chi connectivity index (χ1) is 17.7. The van der Waals surface area contributed by atoms with Crippen LogP contribution in [0.15, 0.2) is 73.3 Å². The van der Waals surface area contributed by atoms with Gasteiger partial charge in [-0.05, 0) is 74.4 Å². The minimum atomic E-state index is 0.159. The van der Waals surface area contributed by atoms with Crippen LogP contribution in [0, 0.1) is 11.8 Å². The molecule has 2 aromatic carbocycles. The number of nitrogens with zero attached hydrogens (tertiary/aromatic N) is 4. The van der Waals surface area contributed by atoms with Crippen LogP contribution in [0.4, 0.5) is 0 Å². The fraction of sp³-hybridized carbons (Fsp3) is 0.467. The van der Waals surface area contributed by atoms with E-state index in [1.165, 1.54) is 30.4 Å². The minimum absolute atomic E-state index is 0.159. The molecule has 6 heteroatoms. The second kappa shape index (κ2) is 12.2. The molecule has 0 unspecified atom stereocenters. The van der Waals surface area contributed by atoms with Crippen molar-refractivity contribution in [2.45, 2.75) is 45.2 Å². The van der Waals surface area contributed by atoms with Gasteiger partial charge in [-0.25, -0.2) is 4.98 Å². The zero-order valence-electron chi connectivity index (χ0n) is 21.2. The normalized spacial score (nSPS) is 19.3. The van der Waals surface area contributed by atoms with Crippen LogP contribution in [0.25, 0.3) is 0 Å². The van der Waals surface area contributed by atoms with E-state index in [-0.39, 0.29) is 5.91 Å². The quantitative estimate of drug-likeness (QED) is 0.442. The van der Waals surface area contributed by atoms with Crippen LogP contribution in [0.1, 0.15) is 36.8 Å². The molecular formula is C30H38N4O2. The van der Waals surface area contributed by atoms with Crippen LogP contribution in [0.5, 0.6) is 5.75 Å². The Morgan fingerprint density at radius 1 is 0.944 bits per heavy atom. The number of benzene rings is 2. The number of likely N-dealkylation sites (tertiary alicyclic amines) is 2. The maximum atomic E-state index is 12.7. The number of carbonyl (C=O) groups excluding carboxylic acids is 1. The number of hydrogen-bond acceptors (Lipinski definition) is 4. The molecule has 2 fully saturated rings. The van der Waals surface area contributed by atoms with Crippen LogP contribution in [-0.2, 0) is 24.3 Å². The van der Waals surface area contributed by atoms with Gasteiger partial charge in [0.15, 0.2) is 0 Å². The fourth-order valence-corrected chi connectivity index (χ4v) is 5.57. The summed E-state index contributed by atoms with van der Waals surface area (Å²) in [4.78, 5) is 21.2. The SMILES string of the molecule is O=C(Cn1ccnc1)N1CCC[C@H](COc2cccc(CN3CCC(Cc4ccccc4)CC3)c2)C1. The number of aromatic nitrogens is 2. The Morgan fingerprint density at radius 3 is 2.58 bits per heavy atom. The Bertz CT molecular complexity index is 1080. The number of ether oxygens (including phenoxy) is 1. The third-order valence-electron chi connectivity index (χ3n) is 7.61. The smallest absolute Gasteiger partial charge is 0.242 e. The largest absolute Gasteiger partial charge is 0.493 e. The van der Waals surface area contributed by atoms with Gasteiger partial charge in [0.05, 0.1) is 12.9 Å². The van der Waals surface area contributed by atoms with Crippen molar-refractivity contribution >= 4 is 5.91 Å². The third-order valence-corrected chi connectivity index (χ3v) is 7.61. The predicted octanol–water partition coefficient (Wildman–Crippen LogP) is 4.66. The fourth-order valence-electron chi connectivity index (χ4n) is 5.57. The van der Waals surface area contributed by atoms with Crippen molar-refractivity contribution in [2.24, 2.45) is 11.8 Å². The molecule has 0 N–H and O–H groups in total. The lowest BCUT2D eigenvalue weighted by atomic mass is 9.90. The number of hydrogen-bond donors (Lipinski definition) is 0. The molecule has 36 heavy (non-hydrogen) atoms. The Morgan fingerprint density at radius 2 is 1.78 bits per heavy atom. The Labute approximate surface area is 214 Å². The van der Waals surface area contributed by atoms with Crippen molar-refractivity contribution in [1.29, 1.82) is 0 Å². The van der Waals surface area contributed by atoms with Gasteiger partial charge in [-0.3, -0.25) is 9.69 Å². The van der Waals surface area contributed by atoms with Crippen LogP contribution >= 0.6 is 0 Å². The molecule has 2 aliphatic heterocycles. The number of imidazole rings is 1. The molecule has 0 spiro atoms. The molecule has 3 aromatic rings. The van der Waals surface area contributed by atoms with E-state index in [1.54, 1.807) is 12.5 Å². The molecule has 3 heterocycles. The van der Waals surface area contributed by atoms with E-state index in [4.69, 9.17) is 4.74 Å². The summed E-state index contributed by atoms with van der Waals surface area (Å²) in [5.74, 6) is 2.26. The summed E-state index contributed by atoms with van der Waals surface area (Å²) in [6.45, 7) is 5.92. The average molecular weight is 487 g/mol. The van der Waals surface area contributed by atoms with Gasteiger partial charge < -0.3 is 14.2 Å². The van der Waals surface area contributed by atoms with E-state index in [1.807, 2.05) is 15.7 Å². The summed E-state index contributed by atoms with van der Waals surface area (Å²) in [6, 6.07) is 19.5. The predicted molar refractivity (Wildman–Crippen MR) is 142 cm³/mol. The van der Waals surface area contributed by atoms with Gasteiger partial charge in [0.25, 0.3) is 0 Å². The highest BCUT2D eigenvalue weighted by Gasteiger charge is 2.24. The molecule has 0 bridgehead atoms. The van der Waals surface area contributed by atoms with Crippen LogP contribution in [0.3, 0.4) is 0 Å². The first-order valence-electron chi connectivity index (χ1n) is 13.4. The molecule has 1 aromatic heterocycles. The molecular weight excluding hydrogens is 448 g/mol. The lowest BCUT2D eigenvalue weighted by Crippen LogP contribution is -2.42. The summed E-state index contributed by atoms with van der Waals surface area (Å²) in [5.41, 5.74) is 2.78. The van der Waals surface area contributed by atoms with Crippen molar-refractivity contribution < 1.29 is 9.53 Å². The van der Waals surface area contributed by atoms with Crippen LogP contribution in [0.2, 0.25) is 0 Å². The third kappa shape index (κ3) is 6.97. The standard InChI is InChI=1S/C30H38N4O2/c35-30(22-33-17-13-31-24-33)34-14-5-9-28(21-34)23-36-29-10-4-8-27(19-29)20-32-15-11-26(12-16-32)18-25-6-2-1-3-7-25/h1-4,6-8,10,13,17,19,24,26,28H,5,9,11-12,14-16,18,20-23H2/t28-/m0/s1. The van der Waals surface area contributed by atoms with Gasteiger partial charge in [0.2, 0.25) is 5.91 Å². The zero-order valence-corrected chi connectivity index (χ0v) is 21.2. The van der Waals surface area contributed by atoms with Gasteiger partial charge >= 0.3 is 0 Å². The Balaban J connectivity index is 1.06. The number of piperidine rings is 2. The average Bonchev–Trinajstić information content (AvgIpc) is 3.43. The molecule has 6 nitrogen and oxygen atoms in total. The molecule has 190 valence electrons. The van der Waals surface area contributed by atoms with E-state index >= 15 is 0 Å². The number of rotatable bonds is 9.